The summed E-state index contributed by atoms with van der Waals surface area (Å²) in [5.41, 5.74) is -1.03. The molecule has 1 aromatic rings. The molecule has 0 aliphatic rings. The Bertz CT molecular complexity index is 245. The number of hydrogen-bond donors (Lipinski definition) is 1. The lowest BCUT2D eigenvalue weighted by molar-refractivity contribution is 1.33. The largest absolute Gasteiger partial charge is 0.304 e. The molecular formula is C4H3NO2S. The highest BCUT2D eigenvalue weighted by Crippen LogP contribution is 1.73. The zero-order valence-electron chi connectivity index (χ0n) is 3.88. The van der Waals surface area contributed by atoms with Crippen LogP contribution in [0.25, 0.3) is 0 Å². The number of aromatic nitrogens is 1. The highest BCUT2D eigenvalue weighted by Gasteiger charge is 1.84. The van der Waals surface area contributed by atoms with Crippen molar-refractivity contribution in [3.63, 3.8) is 0 Å². The van der Waals surface area contributed by atoms with E-state index in [9.17, 15) is 9.59 Å². The minimum atomic E-state index is -0.544. The zero-order valence-corrected chi connectivity index (χ0v) is 4.70. The molecule has 0 atom stereocenters. The highest BCUT2D eigenvalue weighted by molar-refractivity contribution is 7.03. The van der Waals surface area contributed by atoms with E-state index < -0.39 is 11.0 Å². The van der Waals surface area contributed by atoms with Gasteiger partial charge in [-0.2, -0.15) is 0 Å². The summed E-state index contributed by atoms with van der Waals surface area (Å²) >= 11 is 1.11. The van der Waals surface area contributed by atoms with Crippen molar-refractivity contribution in [1.29, 1.82) is 0 Å². The maximum atomic E-state index is 10.3. The van der Waals surface area contributed by atoms with E-state index in [2.05, 4.69) is 4.37 Å². The van der Waals surface area contributed by atoms with Gasteiger partial charge in [0.05, 0.1) is 0 Å². The molecule has 0 bridgehead atoms. The highest BCUT2D eigenvalue weighted by atomic mass is 32.1. The summed E-state index contributed by atoms with van der Waals surface area (Å²) in [4.78, 5) is 20.5. The molecule has 0 spiro atoms. The lowest BCUT2D eigenvalue weighted by Crippen LogP contribution is -2.22. The monoisotopic (exact) mass is 129 g/mol. The molecule has 8 heavy (non-hydrogen) atoms. The first kappa shape index (κ1) is 5.24. The summed E-state index contributed by atoms with van der Waals surface area (Å²) in [6.07, 6.45) is 0. The standard InChI is InChI=1S/C4H3NO2S/c6-3-1-2-8-5-4(3)7/h1-2H,(H,5,7). The van der Waals surface area contributed by atoms with Crippen LogP contribution in [0.2, 0.25) is 0 Å². The third-order valence-corrected chi connectivity index (χ3v) is 1.24. The fraction of sp³-hybridized carbons (Fsp3) is 0. The van der Waals surface area contributed by atoms with Gasteiger partial charge in [-0.1, -0.05) is 11.5 Å². The molecule has 0 radical (unpaired) electrons. The van der Waals surface area contributed by atoms with Crippen LogP contribution >= 0.6 is 11.5 Å². The molecule has 3 nitrogen and oxygen atoms in total. The van der Waals surface area contributed by atoms with Crippen molar-refractivity contribution >= 4 is 11.5 Å². The van der Waals surface area contributed by atoms with Crippen molar-refractivity contribution < 1.29 is 0 Å². The molecule has 0 amide bonds. The van der Waals surface area contributed by atoms with Gasteiger partial charge in [0, 0.05) is 11.4 Å². The number of aromatic amines is 1. The first-order valence-corrected chi connectivity index (χ1v) is 2.85. The Morgan fingerprint density at radius 1 is 1.50 bits per heavy atom. The fourth-order valence-corrected chi connectivity index (χ4v) is 0.777. The van der Waals surface area contributed by atoms with Crippen LogP contribution in [-0.4, -0.2) is 4.37 Å². The molecule has 0 saturated heterocycles. The van der Waals surface area contributed by atoms with E-state index in [1.807, 2.05) is 0 Å². The maximum absolute atomic E-state index is 10.3. The predicted molar refractivity (Wildman–Crippen MR) is 31.2 cm³/mol. The molecule has 0 saturated carbocycles. The number of rotatable bonds is 0. The zero-order chi connectivity index (χ0) is 5.98. The lowest BCUT2D eigenvalue weighted by Gasteiger charge is -1.72. The van der Waals surface area contributed by atoms with E-state index in [1.54, 1.807) is 0 Å². The minimum Gasteiger partial charge on any atom is -0.284 e. The van der Waals surface area contributed by atoms with Gasteiger partial charge >= 0.3 is 5.56 Å². The molecule has 0 aromatic carbocycles. The van der Waals surface area contributed by atoms with Crippen molar-refractivity contribution in [2.75, 3.05) is 0 Å². The van der Waals surface area contributed by atoms with Crippen LogP contribution in [0.5, 0.6) is 0 Å². The average Bonchev–Trinajstić information content (AvgIpc) is 1.77. The van der Waals surface area contributed by atoms with Gasteiger partial charge in [-0.15, -0.1) is 0 Å². The van der Waals surface area contributed by atoms with Gasteiger partial charge in [-0.25, -0.2) is 0 Å². The second kappa shape index (κ2) is 1.92. The van der Waals surface area contributed by atoms with Crippen molar-refractivity contribution in [3.8, 4) is 0 Å². The van der Waals surface area contributed by atoms with Gasteiger partial charge in [-0.05, 0) is 0 Å². The van der Waals surface area contributed by atoms with Gasteiger partial charge in [0.1, 0.15) is 0 Å². The molecule has 4 heteroatoms. The summed E-state index contributed by atoms with van der Waals surface area (Å²) < 4.78 is 2.27. The topological polar surface area (TPSA) is 49.9 Å². The third kappa shape index (κ3) is 0.840. The van der Waals surface area contributed by atoms with Gasteiger partial charge in [-0.3, -0.25) is 14.0 Å². The van der Waals surface area contributed by atoms with Crippen molar-refractivity contribution in [3.05, 3.63) is 32.0 Å². The molecule has 1 rings (SSSR count). The van der Waals surface area contributed by atoms with E-state index in [4.69, 9.17) is 0 Å². The summed E-state index contributed by atoms with van der Waals surface area (Å²) in [6, 6.07) is 1.24. The number of hydrogen-bond acceptors (Lipinski definition) is 3. The van der Waals surface area contributed by atoms with E-state index >= 15 is 0 Å². The molecule has 0 aliphatic carbocycles. The van der Waals surface area contributed by atoms with Crippen LogP contribution in [-0.2, 0) is 0 Å². The normalized spacial score (nSPS) is 9.00. The summed E-state index contributed by atoms with van der Waals surface area (Å²) in [7, 11) is 0. The fourth-order valence-electron chi connectivity index (χ4n) is 0.309. The Balaban J connectivity index is 3.59. The molecule has 42 valence electrons. The van der Waals surface area contributed by atoms with E-state index in [0.717, 1.165) is 11.5 Å². The lowest BCUT2D eigenvalue weighted by atomic mass is 10.6. The predicted octanol–water partition coefficient (Wildman–Crippen LogP) is -0.203. The van der Waals surface area contributed by atoms with Crippen LogP contribution in [0.4, 0.5) is 0 Å². The van der Waals surface area contributed by atoms with E-state index in [0.29, 0.717) is 0 Å². The molecule has 1 aromatic heterocycles. The van der Waals surface area contributed by atoms with E-state index in [-0.39, 0.29) is 0 Å². The molecule has 0 aliphatic heterocycles. The second-order valence-corrected chi connectivity index (χ2v) is 1.93. The molecule has 1 heterocycles. The first-order valence-electron chi connectivity index (χ1n) is 1.97. The summed E-state index contributed by atoms with van der Waals surface area (Å²) in [6.45, 7) is 0. The van der Waals surface area contributed by atoms with Gasteiger partial charge in [0.25, 0.3) is 0 Å². The number of H-pyrrole nitrogens is 1. The third-order valence-electron chi connectivity index (χ3n) is 0.663. The van der Waals surface area contributed by atoms with Crippen molar-refractivity contribution in [1.82, 2.24) is 4.37 Å². The second-order valence-electron chi connectivity index (χ2n) is 1.22. The van der Waals surface area contributed by atoms with Crippen LogP contribution < -0.4 is 11.0 Å². The van der Waals surface area contributed by atoms with E-state index in [1.165, 1.54) is 11.4 Å². The minimum absolute atomic E-state index is 0.483. The Morgan fingerprint density at radius 3 is 2.62 bits per heavy atom. The van der Waals surface area contributed by atoms with Crippen molar-refractivity contribution in [2.45, 2.75) is 0 Å². The molecular weight excluding hydrogens is 126 g/mol. The summed E-state index contributed by atoms with van der Waals surface area (Å²) in [5.74, 6) is 0. The quantitative estimate of drug-likeness (QED) is 0.493. The van der Waals surface area contributed by atoms with Crippen LogP contribution in [0.15, 0.2) is 21.0 Å². The summed E-state index contributed by atoms with van der Waals surface area (Å²) in [5, 5.41) is 1.53. The Morgan fingerprint density at radius 2 is 2.25 bits per heavy atom. The first-order chi connectivity index (χ1) is 3.80. The number of nitrogens with one attached hydrogen (secondary N) is 1. The van der Waals surface area contributed by atoms with Gasteiger partial charge < -0.3 is 0 Å². The van der Waals surface area contributed by atoms with Gasteiger partial charge in [0.15, 0.2) is 0 Å². The van der Waals surface area contributed by atoms with Crippen LogP contribution in [0.1, 0.15) is 0 Å². The molecule has 0 unspecified atom stereocenters. The van der Waals surface area contributed by atoms with Crippen LogP contribution in [0.3, 0.4) is 0 Å². The van der Waals surface area contributed by atoms with Gasteiger partial charge in [0.2, 0.25) is 5.43 Å². The molecule has 0 fully saturated rings. The van der Waals surface area contributed by atoms with Crippen LogP contribution in [0, 0.1) is 0 Å². The van der Waals surface area contributed by atoms with Crippen molar-refractivity contribution in [2.24, 2.45) is 0 Å². The Labute approximate surface area is 48.8 Å². The smallest absolute Gasteiger partial charge is 0.284 e. The molecule has 1 N–H and O–H groups in total. The maximum Gasteiger partial charge on any atom is 0.304 e. The Kier molecular flexibility index (Phi) is 1.26. The Hall–Kier alpha value is -0.900. The SMILES string of the molecule is O=c1ccs[nH]c1=O. The average molecular weight is 129 g/mol.